The van der Waals surface area contributed by atoms with Crippen molar-refractivity contribution >= 4 is 22.6 Å². The van der Waals surface area contributed by atoms with Crippen LogP contribution in [0.15, 0.2) is 36.4 Å². The standard InChI is InChI=1S/C16H17IN2O2/c1-11-18-15(17)9-16(19-11)21-14-7-13(8-14)20-10-12-5-3-2-4-6-12/h2-6,9,13-14H,7-8,10H2,1H3. The van der Waals surface area contributed by atoms with Crippen molar-refractivity contribution in [1.29, 1.82) is 0 Å². The zero-order chi connectivity index (χ0) is 14.7. The van der Waals surface area contributed by atoms with E-state index < -0.39 is 0 Å². The van der Waals surface area contributed by atoms with Crippen LogP contribution in [0.4, 0.5) is 0 Å². The van der Waals surface area contributed by atoms with E-state index in [0.29, 0.717) is 12.5 Å². The Morgan fingerprint density at radius 3 is 2.62 bits per heavy atom. The fraction of sp³-hybridized carbons (Fsp3) is 0.375. The predicted molar refractivity (Wildman–Crippen MR) is 88.2 cm³/mol. The summed E-state index contributed by atoms with van der Waals surface area (Å²) < 4.78 is 12.6. The second kappa shape index (κ2) is 6.70. The highest BCUT2D eigenvalue weighted by Gasteiger charge is 2.32. The number of benzene rings is 1. The second-order valence-corrected chi connectivity index (χ2v) is 6.31. The molecule has 5 heteroatoms. The molecule has 0 amide bonds. The molecule has 0 N–H and O–H groups in total. The van der Waals surface area contributed by atoms with Gasteiger partial charge in [-0.15, -0.1) is 0 Å². The van der Waals surface area contributed by atoms with Crippen molar-refractivity contribution in [3.63, 3.8) is 0 Å². The zero-order valence-electron chi connectivity index (χ0n) is 11.8. The van der Waals surface area contributed by atoms with Crippen LogP contribution in [0, 0.1) is 10.6 Å². The van der Waals surface area contributed by atoms with Gasteiger partial charge in [0.15, 0.2) is 0 Å². The lowest BCUT2D eigenvalue weighted by molar-refractivity contribution is -0.0695. The molecule has 0 spiro atoms. The highest BCUT2D eigenvalue weighted by atomic mass is 127. The molecule has 3 rings (SSSR count). The van der Waals surface area contributed by atoms with Gasteiger partial charge >= 0.3 is 0 Å². The van der Waals surface area contributed by atoms with E-state index in [0.717, 1.165) is 22.4 Å². The van der Waals surface area contributed by atoms with E-state index in [-0.39, 0.29) is 12.2 Å². The Hall–Kier alpha value is -1.21. The first-order valence-corrected chi connectivity index (χ1v) is 8.10. The molecule has 0 atom stereocenters. The first-order chi connectivity index (χ1) is 10.2. The molecule has 0 aliphatic heterocycles. The molecule has 0 saturated heterocycles. The lowest BCUT2D eigenvalue weighted by atomic mass is 9.92. The summed E-state index contributed by atoms with van der Waals surface area (Å²) in [5, 5.41) is 0. The average molecular weight is 396 g/mol. The summed E-state index contributed by atoms with van der Waals surface area (Å²) in [6.07, 6.45) is 2.34. The molecule has 110 valence electrons. The van der Waals surface area contributed by atoms with Crippen LogP contribution in [0.3, 0.4) is 0 Å². The lowest BCUT2D eigenvalue weighted by Crippen LogP contribution is -2.39. The van der Waals surface area contributed by atoms with E-state index in [1.165, 1.54) is 5.56 Å². The van der Waals surface area contributed by atoms with Gasteiger partial charge in [-0.05, 0) is 35.1 Å². The summed E-state index contributed by atoms with van der Waals surface area (Å²) in [5.41, 5.74) is 1.21. The lowest BCUT2D eigenvalue weighted by Gasteiger charge is -2.34. The zero-order valence-corrected chi connectivity index (χ0v) is 14.0. The van der Waals surface area contributed by atoms with Crippen molar-refractivity contribution in [2.75, 3.05) is 0 Å². The minimum Gasteiger partial charge on any atom is -0.474 e. The fourth-order valence-corrected chi connectivity index (χ4v) is 2.89. The minimum atomic E-state index is 0.205. The number of ether oxygens (including phenoxy) is 2. The van der Waals surface area contributed by atoms with Gasteiger partial charge in [0.25, 0.3) is 0 Å². The van der Waals surface area contributed by atoms with Gasteiger partial charge in [0.05, 0.1) is 12.7 Å². The summed E-state index contributed by atoms with van der Waals surface area (Å²) in [7, 11) is 0. The Labute approximate surface area is 138 Å². The predicted octanol–water partition coefficient (Wildman–Crippen LogP) is 3.52. The van der Waals surface area contributed by atoms with E-state index >= 15 is 0 Å². The number of aryl methyl sites for hydroxylation is 1. The van der Waals surface area contributed by atoms with Gasteiger partial charge in [-0.2, -0.15) is 4.98 Å². The van der Waals surface area contributed by atoms with Crippen molar-refractivity contribution < 1.29 is 9.47 Å². The molecule has 2 aromatic rings. The normalized spacial score (nSPS) is 20.9. The van der Waals surface area contributed by atoms with Gasteiger partial charge in [0, 0.05) is 18.9 Å². The molecule has 1 aromatic heterocycles. The van der Waals surface area contributed by atoms with Gasteiger partial charge in [0.2, 0.25) is 5.88 Å². The molecule has 1 aromatic carbocycles. The summed E-state index contributed by atoms with van der Waals surface area (Å²) in [6.45, 7) is 2.55. The summed E-state index contributed by atoms with van der Waals surface area (Å²) in [6, 6.07) is 12.1. The van der Waals surface area contributed by atoms with E-state index in [9.17, 15) is 0 Å². The minimum absolute atomic E-state index is 0.205. The molecule has 4 nitrogen and oxygen atoms in total. The topological polar surface area (TPSA) is 44.2 Å². The first kappa shape index (κ1) is 14.7. The van der Waals surface area contributed by atoms with Gasteiger partial charge in [-0.25, -0.2) is 4.98 Å². The Kier molecular flexibility index (Phi) is 4.70. The second-order valence-electron chi connectivity index (χ2n) is 5.21. The van der Waals surface area contributed by atoms with Gasteiger partial charge in [-0.3, -0.25) is 0 Å². The molecule has 1 aliphatic carbocycles. The molecule has 0 radical (unpaired) electrons. The third-order valence-electron chi connectivity index (χ3n) is 3.45. The summed E-state index contributed by atoms with van der Waals surface area (Å²) >= 11 is 2.18. The monoisotopic (exact) mass is 396 g/mol. The van der Waals surface area contributed by atoms with Crippen LogP contribution >= 0.6 is 22.6 Å². The molecule has 1 fully saturated rings. The van der Waals surface area contributed by atoms with Gasteiger partial charge in [0.1, 0.15) is 15.6 Å². The maximum Gasteiger partial charge on any atom is 0.217 e. The van der Waals surface area contributed by atoms with Crippen LogP contribution in [0.1, 0.15) is 24.2 Å². The van der Waals surface area contributed by atoms with Crippen molar-refractivity contribution in [1.82, 2.24) is 9.97 Å². The van der Waals surface area contributed by atoms with E-state index in [2.05, 4.69) is 44.7 Å². The van der Waals surface area contributed by atoms with Crippen LogP contribution in [0.25, 0.3) is 0 Å². The SMILES string of the molecule is Cc1nc(I)cc(OC2CC(OCc3ccccc3)C2)n1. The summed E-state index contributed by atoms with van der Waals surface area (Å²) in [5.74, 6) is 1.41. The van der Waals surface area contributed by atoms with Crippen LogP contribution in [-0.2, 0) is 11.3 Å². The Morgan fingerprint density at radius 2 is 1.90 bits per heavy atom. The molecule has 1 saturated carbocycles. The maximum absolute atomic E-state index is 5.87. The molecule has 21 heavy (non-hydrogen) atoms. The Bertz CT molecular complexity index is 580. The first-order valence-electron chi connectivity index (χ1n) is 7.02. The molecule has 0 bridgehead atoms. The van der Waals surface area contributed by atoms with Crippen LogP contribution in [0.5, 0.6) is 5.88 Å². The van der Waals surface area contributed by atoms with E-state index in [4.69, 9.17) is 9.47 Å². The molecule has 1 aliphatic rings. The van der Waals surface area contributed by atoms with Crippen LogP contribution in [-0.4, -0.2) is 22.2 Å². The number of aromatic nitrogens is 2. The third kappa shape index (κ3) is 4.14. The number of halogens is 1. The van der Waals surface area contributed by atoms with E-state index in [1.54, 1.807) is 0 Å². The number of hydrogen-bond donors (Lipinski definition) is 0. The number of hydrogen-bond acceptors (Lipinski definition) is 4. The summed E-state index contributed by atoms with van der Waals surface area (Å²) in [4.78, 5) is 8.53. The Morgan fingerprint density at radius 1 is 1.14 bits per heavy atom. The van der Waals surface area contributed by atoms with Crippen molar-refractivity contribution in [2.45, 2.75) is 38.6 Å². The van der Waals surface area contributed by atoms with Crippen LogP contribution in [0.2, 0.25) is 0 Å². The molecular weight excluding hydrogens is 379 g/mol. The van der Waals surface area contributed by atoms with Crippen LogP contribution < -0.4 is 4.74 Å². The maximum atomic E-state index is 5.87. The van der Waals surface area contributed by atoms with E-state index in [1.807, 2.05) is 31.2 Å². The number of nitrogens with zero attached hydrogens (tertiary/aromatic N) is 2. The van der Waals surface area contributed by atoms with Crippen molar-refractivity contribution in [2.24, 2.45) is 0 Å². The van der Waals surface area contributed by atoms with Crippen molar-refractivity contribution in [3.05, 3.63) is 51.5 Å². The Balaban J connectivity index is 1.43. The molecular formula is C16H17IN2O2. The highest BCUT2D eigenvalue weighted by Crippen LogP contribution is 2.28. The molecule has 1 heterocycles. The average Bonchev–Trinajstić information content (AvgIpc) is 2.41. The largest absolute Gasteiger partial charge is 0.474 e. The van der Waals surface area contributed by atoms with Gasteiger partial charge < -0.3 is 9.47 Å². The smallest absolute Gasteiger partial charge is 0.217 e. The number of rotatable bonds is 5. The van der Waals surface area contributed by atoms with Gasteiger partial charge in [-0.1, -0.05) is 30.3 Å². The quantitative estimate of drug-likeness (QED) is 0.573. The fourth-order valence-electron chi connectivity index (χ4n) is 2.27. The third-order valence-corrected chi connectivity index (χ3v) is 4.00. The van der Waals surface area contributed by atoms with Crippen molar-refractivity contribution in [3.8, 4) is 5.88 Å². The highest BCUT2D eigenvalue weighted by molar-refractivity contribution is 14.1. The molecule has 0 unspecified atom stereocenters.